The number of nitrogens with two attached hydrogens (primary N) is 1. The molecule has 0 aromatic heterocycles. The maximum absolute atomic E-state index is 13.4. The minimum Gasteiger partial charge on any atom is -0.481 e. The summed E-state index contributed by atoms with van der Waals surface area (Å²) in [5.41, 5.74) is 5.88. The summed E-state index contributed by atoms with van der Waals surface area (Å²) < 4.78 is 26.7. The van der Waals surface area contributed by atoms with Crippen LogP contribution in [0, 0.1) is 6.92 Å². The zero-order chi connectivity index (χ0) is 13.2. The van der Waals surface area contributed by atoms with Crippen LogP contribution in [-0.4, -0.2) is 17.6 Å². The number of hydrogen-bond donors (Lipinski definition) is 2. The summed E-state index contributed by atoms with van der Waals surface area (Å²) >= 11 is 0. The van der Waals surface area contributed by atoms with E-state index in [2.05, 4.69) is 0 Å². The molecule has 0 fully saturated rings. The molecule has 1 aromatic rings. The van der Waals surface area contributed by atoms with Gasteiger partial charge in [0.25, 0.3) is 5.92 Å². The van der Waals surface area contributed by atoms with E-state index in [1.165, 1.54) is 18.2 Å². The molecule has 0 aliphatic carbocycles. The fourth-order valence-electron chi connectivity index (χ4n) is 1.73. The van der Waals surface area contributed by atoms with Gasteiger partial charge in [-0.3, -0.25) is 4.79 Å². The molecule has 0 saturated carbocycles. The van der Waals surface area contributed by atoms with E-state index in [0.29, 0.717) is 0 Å². The van der Waals surface area contributed by atoms with Crippen molar-refractivity contribution in [3.63, 3.8) is 0 Å². The average molecular weight is 243 g/mol. The molecule has 1 rings (SSSR count). The Balaban J connectivity index is 3.38. The Bertz CT molecular complexity index is 427. The first-order valence-electron chi connectivity index (χ1n) is 5.19. The number of benzene rings is 1. The minimum absolute atomic E-state index is 0.0903. The van der Waals surface area contributed by atoms with Crippen LogP contribution in [0.1, 0.15) is 29.5 Å². The summed E-state index contributed by atoms with van der Waals surface area (Å²) in [6.07, 6.45) is 0. The van der Waals surface area contributed by atoms with Crippen LogP contribution in [0.15, 0.2) is 18.2 Å². The lowest BCUT2D eigenvalue weighted by Crippen LogP contribution is -2.24. The molecule has 0 saturated heterocycles. The van der Waals surface area contributed by atoms with Gasteiger partial charge in [0, 0.05) is 19.0 Å². The second-order valence-electron chi connectivity index (χ2n) is 4.11. The van der Waals surface area contributed by atoms with Crippen LogP contribution in [0.3, 0.4) is 0 Å². The number of aliphatic carboxylic acids is 1. The molecule has 3 N–H and O–H groups in total. The van der Waals surface area contributed by atoms with Crippen molar-refractivity contribution in [1.29, 1.82) is 0 Å². The monoisotopic (exact) mass is 243 g/mol. The third kappa shape index (κ3) is 3.00. The summed E-state index contributed by atoms with van der Waals surface area (Å²) in [7, 11) is 0. The number of hydrogen-bond acceptors (Lipinski definition) is 2. The van der Waals surface area contributed by atoms with E-state index >= 15 is 0 Å². The van der Waals surface area contributed by atoms with Crippen molar-refractivity contribution in [2.45, 2.75) is 25.7 Å². The van der Waals surface area contributed by atoms with Gasteiger partial charge in [0.2, 0.25) is 0 Å². The molecule has 94 valence electrons. The summed E-state index contributed by atoms with van der Waals surface area (Å²) in [5.74, 6) is -5.37. The van der Waals surface area contributed by atoms with Gasteiger partial charge >= 0.3 is 5.97 Å². The number of aryl methyl sites for hydroxylation is 1. The number of halogens is 2. The number of carboxylic acids is 1. The highest BCUT2D eigenvalue weighted by Crippen LogP contribution is 2.34. The van der Waals surface area contributed by atoms with Crippen molar-refractivity contribution < 1.29 is 18.7 Å². The van der Waals surface area contributed by atoms with Gasteiger partial charge in [0.15, 0.2) is 0 Å². The Labute approximate surface area is 98.2 Å². The highest BCUT2D eigenvalue weighted by molar-refractivity contribution is 5.77. The molecular formula is C12H15F2NO2. The average Bonchev–Trinajstić information content (AvgIpc) is 2.16. The van der Waals surface area contributed by atoms with Gasteiger partial charge < -0.3 is 10.8 Å². The van der Waals surface area contributed by atoms with Crippen LogP contribution in [-0.2, 0) is 10.7 Å². The lowest BCUT2D eigenvalue weighted by Gasteiger charge is -2.20. The normalized spacial score (nSPS) is 13.5. The van der Waals surface area contributed by atoms with Crippen molar-refractivity contribution >= 4 is 5.97 Å². The smallest absolute Gasteiger partial charge is 0.312 e. The van der Waals surface area contributed by atoms with Gasteiger partial charge in [0.1, 0.15) is 0 Å². The van der Waals surface area contributed by atoms with E-state index < -0.39 is 17.8 Å². The van der Waals surface area contributed by atoms with E-state index in [4.69, 9.17) is 10.8 Å². The maximum Gasteiger partial charge on any atom is 0.312 e. The van der Waals surface area contributed by atoms with Gasteiger partial charge in [-0.25, -0.2) is 8.78 Å². The van der Waals surface area contributed by atoms with Crippen LogP contribution in [0.4, 0.5) is 8.78 Å². The molecule has 1 unspecified atom stereocenters. The molecular weight excluding hydrogens is 228 g/mol. The van der Waals surface area contributed by atoms with Crippen LogP contribution >= 0.6 is 0 Å². The molecule has 3 nitrogen and oxygen atoms in total. The molecule has 1 aromatic carbocycles. The first-order chi connectivity index (χ1) is 7.77. The largest absolute Gasteiger partial charge is 0.481 e. The van der Waals surface area contributed by atoms with Crippen LogP contribution in [0.25, 0.3) is 0 Å². The minimum atomic E-state index is -3.08. The third-order valence-electron chi connectivity index (χ3n) is 2.59. The molecule has 0 amide bonds. The third-order valence-corrected chi connectivity index (χ3v) is 2.59. The summed E-state index contributed by atoms with van der Waals surface area (Å²) in [4.78, 5) is 11.0. The highest BCUT2D eigenvalue weighted by atomic mass is 19.3. The predicted octanol–water partition coefficient (Wildman–Crippen LogP) is 2.23. The van der Waals surface area contributed by atoms with Crippen molar-refractivity contribution in [1.82, 2.24) is 0 Å². The maximum atomic E-state index is 13.4. The lowest BCUT2D eigenvalue weighted by atomic mass is 9.90. The van der Waals surface area contributed by atoms with Gasteiger partial charge in [-0.05, 0) is 12.5 Å². The second-order valence-corrected chi connectivity index (χ2v) is 4.11. The number of carbonyl (C=O) groups is 1. The Hall–Kier alpha value is -1.49. The SMILES string of the molecule is Cc1ccc(C(C)(F)F)c(C(CN)C(=O)O)c1. The predicted molar refractivity (Wildman–Crippen MR) is 60.2 cm³/mol. The Morgan fingerprint density at radius 2 is 2.12 bits per heavy atom. The molecule has 0 aliphatic rings. The van der Waals surface area contributed by atoms with E-state index in [0.717, 1.165) is 12.5 Å². The van der Waals surface area contributed by atoms with Crippen LogP contribution < -0.4 is 5.73 Å². The van der Waals surface area contributed by atoms with Crippen molar-refractivity contribution in [3.05, 3.63) is 34.9 Å². The molecule has 0 aliphatic heterocycles. The zero-order valence-corrected chi connectivity index (χ0v) is 9.71. The molecule has 0 bridgehead atoms. The molecule has 0 spiro atoms. The van der Waals surface area contributed by atoms with Gasteiger partial charge in [-0.2, -0.15) is 0 Å². The topological polar surface area (TPSA) is 63.3 Å². The molecule has 0 heterocycles. The zero-order valence-electron chi connectivity index (χ0n) is 9.71. The van der Waals surface area contributed by atoms with E-state index in [9.17, 15) is 13.6 Å². The van der Waals surface area contributed by atoms with Crippen LogP contribution in [0.2, 0.25) is 0 Å². The highest BCUT2D eigenvalue weighted by Gasteiger charge is 2.32. The Morgan fingerprint density at radius 1 is 1.53 bits per heavy atom. The quantitative estimate of drug-likeness (QED) is 0.852. The lowest BCUT2D eigenvalue weighted by molar-refractivity contribution is -0.138. The van der Waals surface area contributed by atoms with Gasteiger partial charge in [-0.1, -0.05) is 23.8 Å². The molecule has 0 radical (unpaired) electrons. The van der Waals surface area contributed by atoms with Crippen molar-refractivity contribution in [3.8, 4) is 0 Å². The van der Waals surface area contributed by atoms with Crippen molar-refractivity contribution in [2.24, 2.45) is 5.73 Å². The van der Waals surface area contributed by atoms with E-state index in [-0.39, 0.29) is 17.7 Å². The van der Waals surface area contributed by atoms with E-state index in [1.54, 1.807) is 6.92 Å². The molecule has 1 atom stereocenters. The second kappa shape index (κ2) is 4.79. The summed E-state index contributed by atoms with van der Waals surface area (Å²) in [6.45, 7) is 2.26. The van der Waals surface area contributed by atoms with Gasteiger partial charge in [0.05, 0.1) is 5.92 Å². The molecule has 5 heteroatoms. The molecule has 17 heavy (non-hydrogen) atoms. The Morgan fingerprint density at radius 3 is 2.53 bits per heavy atom. The number of carboxylic acid groups (broad SMARTS) is 1. The van der Waals surface area contributed by atoms with Crippen LogP contribution in [0.5, 0.6) is 0 Å². The fraction of sp³-hybridized carbons (Fsp3) is 0.417. The van der Waals surface area contributed by atoms with E-state index in [1.807, 2.05) is 0 Å². The Kier molecular flexibility index (Phi) is 3.83. The number of rotatable bonds is 4. The fourth-order valence-corrected chi connectivity index (χ4v) is 1.73. The first kappa shape index (κ1) is 13.6. The first-order valence-corrected chi connectivity index (χ1v) is 5.19. The summed E-state index contributed by atoms with van der Waals surface area (Å²) in [5, 5.41) is 8.98. The standard InChI is InChI=1S/C12H15F2NO2/c1-7-3-4-10(12(2,13)14)8(5-7)9(6-15)11(16)17/h3-5,9H,6,15H2,1-2H3,(H,16,17). The summed E-state index contributed by atoms with van der Waals surface area (Å²) in [6, 6.07) is 4.25. The van der Waals surface area contributed by atoms with Gasteiger partial charge in [-0.15, -0.1) is 0 Å². The number of alkyl halides is 2. The van der Waals surface area contributed by atoms with Crippen molar-refractivity contribution in [2.75, 3.05) is 6.54 Å².